The monoisotopic (exact) mass is 384 g/mol. The lowest BCUT2D eigenvalue weighted by atomic mass is 10.1. The lowest BCUT2D eigenvalue weighted by molar-refractivity contribution is -0.126. The molecule has 2 amide bonds. The first-order valence-corrected chi connectivity index (χ1v) is 9.79. The van der Waals surface area contributed by atoms with E-state index in [1.165, 1.54) is 39.0 Å². The van der Waals surface area contributed by atoms with Crippen molar-refractivity contribution in [3.63, 3.8) is 0 Å². The summed E-state index contributed by atoms with van der Waals surface area (Å²) in [6.45, 7) is 4.19. The van der Waals surface area contributed by atoms with Crippen LogP contribution in [-0.2, 0) is 9.59 Å². The van der Waals surface area contributed by atoms with Crippen LogP contribution in [0.1, 0.15) is 70.4 Å². The highest BCUT2D eigenvalue weighted by Gasteiger charge is 2.40. The Balaban J connectivity index is 2.06. The summed E-state index contributed by atoms with van der Waals surface area (Å²) >= 11 is 12.6. The molecule has 0 radical (unpaired) electrons. The van der Waals surface area contributed by atoms with Gasteiger partial charge in [0.25, 0.3) is 5.91 Å². The number of hydrogen-bond acceptors (Lipinski definition) is 2. The van der Waals surface area contributed by atoms with Gasteiger partial charge in [-0.15, -0.1) is 0 Å². The van der Waals surface area contributed by atoms with Crippen LogP contribution in [0.4, 0.5) is 5.69 Å². The van der Waals surface area contributed by atoms with Crippen molar-refractivity contribution in [2.45, 2.75) is 64.8 Å². The minimum atomic E-state index is -0.747. The number of nitrogens with zero attached hydrogens (tertiary/aromatic N) is 1. The maximum atomic E-state index is 12.8. The van der Waals surface area contributed by atoms with Crippen molar-refractivity contribution < 1.29 is 9.59 Å². The second-order valence-electron chi connectivity index (χ2n) is 6.54. The van der Waals surface area contributed by atoms with E-state index < -0.39 is 6.04 Å². The Morgan fingerprint density at radius 3 is 2.32 bits per heavy atom. The lowest BCUT2D eigenvalue weighted by Gasteiger charge is -2.19. The van der Waals surface area contributed by atoms with E-state index in [0.717, 1.165) is 12.8 Å². The quantitative estimate of drug-likeness (QED) is 0.589. The molecule has 1 aliphatic heterocycles. The van der Waals surface area contributed by atoms with Gasteiger partial charge in [-0.25, -0.2) is 0 Å². The van der Waals surface area contributed by atoms with E-state index in [4.69, 9.17) is 23.2 Å². The van der Waals surface area contributed by atoms with E-state index in [9.17, 15) is 9.59 Å². The second-order valence-corrected chi connectivity index (χ2v) is 7.35. The molecule has 0 saturated heterocycles. The molecule has 0 spiro atoms. The Morgan fingerprint density at radius 1 is 1.08 bits per heavy atom. The first kappa shape index (κ1) is 20.1. The summed E-state index contributed by atoms with van der Waals surface area (Å²) in [6.07, 6.45) is 8.19. The van der Waals surface area contributed by atoms with Crippen molar-refractivity contribution in [3.05, 3.63) is 27.7 Å². The van der Waals surface area contributed by atoms with E-state index in [0.29, 0.717) is 27.8 Å². The van der Waals surface area contributed by atoms with Crippen molar-refractivity contribution in [1.82, 2.24) is 5.32 Å². The number of fused-ring (bicyclic) bond motifs is 1. The summed E-state index contributed by atoms with van der Waals surface area (Å²) in [6, 6.07) is 2.62. The summed E-state index contributed by atoms with van der Waals surface area (Å²) in [7, 11) is 0. The number of halogens is 2. The molecule has 25 heavy (non-hydrogen) atoms. The van der Waals surface area contributed by atoms with E-state index >= 15 is 0 Å². The number of hydrogen-bond donors (Lipinski definition) is 1. The van der Waals surface area contributed by atoms with Crippen LogP contribution in [-0.4, -0.2) is 18.4 Å². The fourth-order valence-electron chi connectivity index (χ4n) is 3.28. The van der Waals surface area contributed by atoms with Crippen molar-refractivity contribution in [3.8, 4) is 0 Å². The van der Waals surface area contributed by atoms with E-state index in [2.05, 4.69) is 12.2 Å². The van der Waals surface area contributed by atoms with E-state index in [-0.39, 0.29) is 11.8 Å². The van der Waals surface area contributed by atoms with Crippen molar-refractivity contribution in [1.29, 1.82) is 0 Å². The smallest absolute Gasteiger partial charge is 0.254 e. The summed E-state index contributed by atoms with van der Waals surface area (Å²) in [5, 5.41) is 3.64. The standard InChI is InChI=1S/C19H26Cl2N2O2/c1-3-4-5-6-7-8-9-12-23-18-15(21)11-10-14(20)16(18)17(19(23)25)22-13(2)24/h10-11,17H,3-9,12H2,1-2H3,(H,22,24). The average molecular weight is 385 g/mol. The molecule has 4 nitrogen and oxygen atoms in total. The van der Waals surface area contributed by atoms with E-state index in [1.54, 1.807) is 17.0 Å². The average Bonchev–Trinajstić information content (AvgIpc) is 2.84. The third-order valence-corrected chi connectivity index (χ3v) is 5.15. The predicted octanol–water partition coefficient (Wildman–Crippen LogP) is 5.27. The fraction of sp³-hybridized carbons (Fsp3) is 0.579. The van der Waals surface area contributed by atoms with Crippen molar-refractivity contribution in [2.24, 2.45) is 0 Å². The molecule has 0 saturated carbocycles. The number of carbonyl (C=O) groups excluding carboxylic acids is 2. The Kier molecular flexibility index (Phi) is 7.57. The van der Waals surface area contributed by atoms with Gasteiger partial charge in [-0.05, 0) is 18.6 Å². The SMILES string of the molecule is CCCCCCCCCN1C(=O)C(NC(C)=O)c2c(Cl)ccc(Cl)c21. The molecule has 6 heteroatoms. The number of amides is 2. The molecule has 1 aromatic rings. The topological polar surface area (TPSA) is 49.4 Å². The molecule has 0 aliphatic carbocycles. The normalized spacial score (nSPS) is 16.2. The van der Waals surface area contributed by atoms with Crippen LogP contribution in [0.15, 0.2) is 12.1 Å². The van der Waals surface area contributed by atoms with Gasteiger partial charge in [0.2, 0.25) is 5.91 Å². The van der Waals surface area contributed by atoms with Crippen LogP contribution in [0.25, 0.3) is 0 Å². The Hall–Kier alpha value is -1.26. The van der Waals surface area contributed by atoms with Crippen LogP contribution in [0.5, 0.6) is 0 Å². The molecule has 1 aliphatic rings. The third-order valence-electron chi connectivity index (χ3n) is 4.52. The maximum absolute atomic E-state index is 12.8. The number of carbonyl (C=O) groups is 2. The number of rotatable bonds is 9. The van der Waals surface area contributed by atoms with Crippen molar-refractivity contribution >= 4 is 40.7 Å². The highest BCUT2D eigenvalue weighted by Crippen LogP contribution is 2.45. The van der Waals surface area contributed by atoms with Gasteiger partial charge >= 0.3 is 0 Å². The molecule has 2 rings (SSSR count). The summed E-state index contributed by atoms with van der Waals surface area (Å²) < 4.78 is 0. The van der Waals surface area contributed by atoms with Gasteiger partial charge in [0.1, 0.15) is 6.04 Å². The molecule has 0 aromatic heterocycles. The van der Waals surface area contributed by atoms with Crippen LogP contribution in [0.3, 0.4) is 0 Å². The second kappa shape index (κ2) is 9.44. The lowest BCUT2D eigenvalue weighted by Crippen LogP contribution is -2.37. The zero-order valence-electron chi connectivity index (χ0n) is 14.9. The van der Waals surface area contributed by atoms with Gasteiger partial charge in [0.05, 0.1) is 10.7 Å². The van der Waals surface area contributed by atoms with Gasteiger partial charge in [-0.2, -0.15) is 0 Å². The summed E-state index contributed by atoms with van der Waals surface area (Å²) in [5.41, 5.74) is 1.25. The zero-order valence-corrected chi connectivity index (χ0v) is 16.4. The van der Waals surface area contributed by atoms with Crippen molar-refractivity contribution in [2.75, 3.05) is 11.4 Å². The molecule has 1 aromatic carbocycles. The van der Waals surface area contributed by atoms with Gasteiger partial charge < -0.3 is 10.2 Å². The molecular weight excluding hydrogens is 359 g/mol. The molecule has 1 unspecified atom stereocenters. The molecule has 138 valence electrons. The number of benzene rings is 1. The third kappa shape index (κ3) is 4.89. The molecule has 0 fully saturated rings. The molecule has 0 bridgehead atoms. The Morgan fingerprint density at radius 2 is 1.68 bits per heavy atom. The molecule has 1 atom stereocenters. The highest BCUT2D eigenvalue weighted by atomic mass is 35.5. The molecule has 1 heterocycles. The largest absolute Gasteiger partial charge is 0.341 e. The minimum Gasteiger partial charge on any atom is -0.341 e. The number of unbranched alkanes of at least 4 members (excludes halogenated alkanes) is 6. The summed E-state index contributed by atoms with van der Waals surface area (Å²) in [5.74, 6) is -0.427. The fourth-order valence-corrected chi connectivity index (χ4v) is 3.81. The zero-order chi connectivity index (χ0) is 18.4. The van der Waals surface area contributed by atoms with Crippen LogP contribution < -0.4 is 10.2 Å². The molecular formula is C19H26Cl2N2O2. The Bertz CT molecular complexity index is 634. The number of anilines is 1. The predicted molar refractivity (Wildman–Crippen MR) is 103 cm³/mol. The highest BCUT2D eigenvalue weighted by molar-refractivity contribution is 6.38. The van der Waals surface area contributed by atoms with Gasteiger partial charge in [0, 0.05) is 24.1 Å². The van der Waals surface area contributed by atoms with Crippen LogP contribution in [0.2, 0.25) is 10.0 Å². The maximum Gasteiger partial charge on any atom is 0.254 e. The Labute approximate surface area is 159 Å². The van der Waals surface area contributed by atoms with Gasteiger partial charge in [-0.1, -0.05) is 68.7 Å². The van der Waals surface area contributed by atoms with Crippen LogP contribution in [0, 0.1) is 0 Å². The van der Waals surface area contributed by atoms with Crippen LogP contribution >= 0.6 is 23.2 Å². The number of nitrogens with one attached hydrogen (secondary N) is 1. The first-order valence-electron chi connectivity index (χ1n) is 9.03. The minimum absolute atomic E-state index is 0.161. The van der Waals surface area contributed by atoms with Gasteiger partial charge in [0.15, 0.2) is 0 Å². The van der Waals surface area contributed by atoms with Gasteiger partial charge in [-0.3, -0.25) is 9.59 Å². The molecule has 1 N–H and O–H groups in total. The first-order chi connectivity index (χ1) is 12.0. The summed E-state index contributed by atoms with van der Waals surface area (Å²) in [4.78, 5) is 26.0. The van der Waals surface area contributed by atoms with E-state index in [1.807, 2.05) is 0 Å².